The second-order valence-corrected chi connectivity index (χ2v) is 5.18. The lowest BCUT2D eigenvalue weighted by atomic mass is 9.83. The van der Waals surface area contributed by atoms with E-state index in [1.165, 1.54) is 5.56 Å². The highest BCUT2D eigenvalue weighted by molar-refractivity contribution is 5.49. The van der Waals surface area contributed by atoms with E-state index in [0.29, 0.717) is 6.04 Å². The summed E-state index contributed by atoms with van der Waals surface area (Å²) in [6, 6.07) is 6.38. The van der Waals surface area contributed by atoms with E-state index in [0.717, 1.165) is 37.3 Å². The quantitative estimate of drug-likeness (QED) is 0.879. The number of hydrogen-bond donors (Lipinski definition) is 1. The average Bonchev–Trinajstić information content (AvgIpc) is 2.46. The van der Waals surface area contributed by atoms with Crippen LogP contribution in [0.3, 0.4) is 0 Å². The lowest BCUT2D eigenvalue weighted by Gasteiger charge is -2.42. The van der Waals surface area contributed by atoms with E-state index in [9.17, 15) is 0 Å². The first kappa shape index (κ1) is 14.2. The maximum atomic E-state index is 6.32. The molecule has 3 nitrogen and oxygen atoms in total. The van der Waals surface area contributed by atoms with Crippen molar-refractivity contribution in [3.63, 3.8) is 0 Å². The minimum absolute atomic E-state index is 0.0494. The molecule has 1 aliphatic heterocycles. The Hall–Kier alpha value is -1.22. The molecule has 1 heterocycles. The lowest BCUT2D eigenvalue weighted by molar-refractivity contribution is 0.0222. The van der Waals surface area contributed by atoms with Gasteiger partial charge in [0.25, 0.3) is 0 Å². The van der Waals surface area contributed by atoms with Crippen LogP contribution < -0.4 is 14.8 Å². The van der Waals surface area contributed by atoms with Crippen molar-refractivity contribution < 1.29 is 9.47 Å². The van der Waals surface area contributed by atoms with E-state index < -0.39 is 0 Å². The van der Waals surface area contributed by atoms with Gasteiger partial charge in [0, 0.05) is 12.5 Å². The summed E-state index contributed by atoms with van der Waals surface area (Å²) < 4.78 is 11.8. The van der Waals surface area contributed by atoms with Crippen LogP contribution in [-0.2, 0) is 0 Å². The molecule has 1 unspecified atom stereocenters. The Balaban J connectivity index is 2.45. The van der Waals surface area contributed by atoms with Crippen molar-refractivity contribution in [3.05, 3.63) is 23.8 Å². The molecule has 1 aromatic carbocycles. The first-order valence-electron chi connectivity index (χ1n) is 7.29. The second kappa shape index (κ2) is 5.83. The van der Waals surface area contributed by atoms with E-state index in [-0.39, 0.29) is 5.60 Å². The van der Waals surface area contributed by atoms with Crippen LogP contribution in [0.15, 0.2) is 18.2 Å². The summed E-state index contributed by atoms with van der Waals surface area (Å²) in [7, 11) is 1.72. The monoisotopic (exact) mass is 263 g/mol. The lowest BCUT2D eigenvalue weighted by Crippen LogP contribution is -2.43. The SMILES string of the molecule is CCNC1CC(CC)(CC)Oc2cccc(OC)c21. The van der Waals surface area contributed by atoms with Gasteiger partial charge in [-0.3, -0.25) is 0 Å². The van der Waals surface area contributed by atoms with Crippen LogP contribution in [0.4, 0.5) is 0 Å². The van der Waals surface area contributed by atoms with E-state index >= 15 is 0 Å². The third-order valence-corrected chi connectivity index (χ3v) is 4.24. The number of benzene rings is 1. The van der Waals surface area contributed by atoms with Crippen molar-refractivity contribution in [2.45, 2.75) is 51.7 Å². The fraction of sp³-hybridized carbons (Fsp3) is 0.625. The molecule has 0 radical (unpaired) electrons. The maximum Gasteiger partial charge on any atom is 0.128 e. The minimum Gasteiger partial charge on any atom is -0.496 e. The van der Waals surface area contributed by atoms with Crippen LogP contribution in [0, 0.1) is 0 Å². The molecule has 0 amide bonds. The average molecular weight is 263 g/mol. The van der Waals surface area contributed by atoms with E-state index in [2.05, 4.69) is 32.2 Å². The van der Waals surface area contributed by atoms with Gasteiger partial charge in [0.05, 0.1) is 12.7 Å². The van der Waals surface area contributed by atoms with Gasteiger partial charge in [0.2, 0.25) is 0 Å². The number of hydrogen-bond acceptors (Lipinski definition) is 3. The molecule has 1 N–H and O–H groups in total. The third-order valence-electron chi connectivity index (χ3n) is 4.24. The third kappa shape index (κ3) is 2.57. The van der Waals surface area contributed by atoms with Crippen molar-refractivity contribution in [3.8, 4) is 11.5 Å². The van der Waals surface area contributed by atoms with Crippen molar-refractivity contribution in [1.82, 2.24) is 5.32 Å². The van der Waals surface area contributed by atoms with Gasteiger partial charge in [0.15, 0.2) is 0 Å². The predicted octanol–water partition coefficient (Wildman–Crippen LogP) is 3.69. The molecule has 19 heavy (non-hydrogen) atoms. The highest BCUT2D eigenvalue weighted by atomic mass is 16.5. The summed E-state index contributed by atoms with van der Waals surface area (Å²) in [6.07, 6.45) is 3.06. The summed E-state index contributed by atoms with van der Waals surface area (Å²) >= 11 is 0. The molecule has 0 saturated carbocycles. The van der Waals surface area contributed by atoms with Crippen molar-refractivity contribution in [2.75, 3.05) is 13.7 Å². The minimum atomic E-state index is -0.0494. The van der Waals surface area contributed by atoms with Crippen LogP contribution in [-0.4, -0.2) is 19.3 Å². The molecule has 2 rings (SSSR count). The van der Waals surface area contributed by atoms with Gasteiger partial charge >= 0.3 is 0 Å². The molecule has 0 fully saturated rings. The van der Waals surface area contributed by atoms with E-state index in [1.54, 1.807) is 7.11 Å². The smallest absolute Gasteiger partial charge is 0.128 e. The van der Waals surface area contributed by atoms with Crippen LogP contribution in [0.2, 0.25) is 0 Å². The first-order valence-corrected chi connectivity index (χ1v) is 7.29. The summed E-state index contributed by atoms with van der Waals surface area (Å²) in [4.78, 5) is 0. The highest BCUT2D eigenvalue weighted by Gasteiger charge is 2.39. The Morgan fingerprint density at radius 3 is 2.63 bits per heavy atom. The van der Waals surface area contributed by atoms with Gasteiger partial charge in [0.1, 0.15) is 17.1 Å². The Morgan fingerprint density at radius 2 is 2.05 bits per heavy atom. The topological polar surface area (TPSA) is 30.5 Å². The molecule has 0 aromatic heterocycles. The Labute approximate surface area is 116 Å². The number of methoxy groups -OCH3 is 1. The first-order chi connectivity index (χ1) is 9.19. The van der Waals surface area contributed by atoms with E-state index in [4.69, 9.17) is 9.47 Å². The molecular formula is C16H25NO2. The Bertz CT molecular complexity index is 427. The summed E-state index contributed by atoms with van der Waals surface area (Å²) in [5, 5.41) is 3.58. The second-order valence-electron chi connectivity index (χ2n) is 5.18. The van der Waals surface area contributed by atoms with Gasteiger partial charge in [-0.1, -0.05) is 26.8 Å². The van der Waals surface area contributed by atoms with Gasteiger partial charge in [-0.15, -0.1) is 0 Å². The largest absolute Gasteiger partial charge is 0.496 e. The number of rotatable bonds is 5. The van der Waals surface area contributed by atoms with Crippen LogP contribution >= 0.6 is 0 Å². The van der Waals surface area contributed by atoms with Gasteiger partial charge < -0.3 is 14.8 Å². The van der Waals surface area contributed by atoms with Crippen LogP contribution in [0.25, 0.3) is 0 Å². The fourth-order valence-electron chi connectivity index (χ4n) is 2.99. The number of nitrogens with one attached hydrogen (secondary N) is 1. The maximum absolute atomic E-state index is 6.32. The normalized spacial score (nSPS) is 20.5. The zero-order valence-corrected chi connectivity index (χ0v) is 12.5. The van der Waals surface area contributed by atoms with Crippen LogP contribution in [0.1, 0.15) is 51.6 Å². The van der Waals surface area contributed by atoms with Crippen LogP contribution in [0.5, 0.6) is 11.5 Å². The molecule has 1 aromatic rings. The van der Waals surface area contributed by atoms with Gasteiger partial charge in [-0.2, -0.15) is 0 Å². The fourth-order valence-corrected chi connectivity index (χ4v) is 2.99. The van der Waals surface area contributed by atoms with Crippen molar-refractivity contribution >= 4 is 0 Å². The Morgan fingerprint density at radius 1 is 1.32 bits per heavy atom. The van der Waals surface area contributed by atoms with Gasteiger partial charge in [-0.05, 0) is 31.5 Å². The summed E-state index contributed by atoms with van der Waals surface area (Å²) in [5.74, 6) is 1.89. The summed E-state index contributed by atoms with van der Waals surface area (Å²) in [5.41, 5.74) is 1.12. The molecule has 0 saturated heterocycles. The number of fused-ring (bicyclic) bond motifs is 1. The molecule has 1 atom stereocenters. The highest BCUT2D eigenvalue weighted by Crippen LogP contribution is 2.46. The molecular weight excluding hydrogens is 238 g/mol. The summed E-state index contributed by atoms with van der Waals surface area (Å²) in [6.45, 7) is 7.51. The van der Waals surface area contributed by atoms with Crippen molar-refractivity contribution in [1.29, 1.82) is 0 Å². The van der Waals surface area contributed by atoms with E-state index in [1.807, 2.05) is 12.1 Å². The molecule has 0 aliphatic carbocycles. The molecule has 106 valence electrons. The Kier molecular flexibility index (Phi) is 4.35. The van der Waals surface area contributed by atoms with Crippen molar-refractivity contribution in [2.24, 2.45) is 0 Å². The molecule has 0 bridgehead atoms. The predicted molar refractivity (Wildman–Crippen MR) is 78.0 cm³/mol. The standard InChI is InChI=1S/C16H25NO2/c1-5-16(6-2)11-12(17-7-3)15-13(18-4)9-8-10-14(15)19-16/h8-10,12,17H,5-7,11H2,1-4H3. The number of ether oxygens (including phenoxy) is 2. The molecule has 1 aliphatic rings. The molecule has 0 spiro atoms. The van der Waals surface area contributed by atoms with Gasteiger partial charge in [-0.25, -0.2) is 0 Å². The molecule has 3 heteroatoms. The zero-order chi connectivity index (χ0) is 13.9. The zero-order valence-electron chi connectivity index (χ0n) is 12.5.